The van der Waals surface area contributed by atoms with Crippen molar-refractivity contribution in [2.75, 3.05) is 6.54 Å². The molecule has 2 unspecified atom stereocenters. The second kappa shape index (κ2) is 12.7. The van der Waals surface area contributed by atoms with Crippen molar-refractivity contribution >= 4 is 43.7 Å². The van der Waals surface area contributed by atoms with Crippen LogP contribution in [0.3, 0.4) is 0 Å². The second-order valence-corrected chi connectivity index (χ2v) is 15.2. The molecule has 0 spiro atoms. The van der Waals surface area contributed by atoms with E-state index >= 15 is 0 Å². The van der Waals surface area contributed by atoms with Gasteiger partial charge >= 0.3 is 0 Å². The lowest BCUT2D eigenvalue weighted by Gasteiger charge is -2.25. The smallest absolute Gasteiger partial charge is 0.250 e. The number of nitrogens with one attached hydrogen (secondary N) is 2. The van der Waals surface area contributed by atoms with E-state index in [1.807, 2.05) is 0 Å². The Labute approximate surface area is 243 Å². The van der Waals surface area contributed by atoms with Crippen LogP contribution in [0.2, 0.25) is 5.02 Å². The maximum absolute atomic E-state index is 13.8. The molecule has 3 aromatic rings. The molecule has 40 heavy (non-hydrogen) atoms. The highest BCUT2D eigenvalue weighted by molar-refractivity contribution is 7.91. The second-order valence-electron chi connectivity index (χ2n) is 10.1. The normalized spacial score (nSPS) is 14.6. The van der Waals surface area contributed by atoms with Gasteiger partial charge in [0.05, 0.1) is 25.5 Å². The summed E-state index contributed by atoms with van der Waals surface area (Å²) in [5.74, 6) is -0.603. The van der Waals surface area contributed by atoms with Gasteiger partial charge in [-0.15, -0.1) is 0 Å². The molecule has 0 saturated heterocycles. The summed E-state index contributed by atoms with van der Waals surface area (Å²) in [6.45, 7) is 7.16. The zero-order chi connectivity index (χ0) is 30.0. The van der Waals surface area contributed by atoms with E-state index in [2.05, 4.69) is 9.44 Å². The van der Waals surface area contributed by atoms with Gasteiger partial charge in [0.25, 0.3) is 5.56 Å². The van der Waals surface area contributed by atoms with Crippen molar-refractivity contribution in [3.05, 3.63) is 81.0 Å². The topological polar surface area (TPSA) is 135 Å². The van der Waals surface area contributed by atoms with Crippen LogP contribution in [0.15, 0.2) is 63.2 Å². The van der Waals surface area contributed by atoms with E-state index in [0.717, 1.165) is 24.3 Å². The molecule has 2 aromatic carbocycles. The predicted molar refractivity (Wildman–Crippen MR) is 156 cm³/mol. The number of aromatic nitrogens is 1. The Kier molecular flexibility index (Phi) is 10.3. The fourth-order valence-corrected chi connectivity index (χ4v) is 6.75. The first kappa shape index (κ1) is 32.3. The molecule has 0 amide bonds. The molecule has 0 radical (unpaired) electrons. The summed E-state index contributed by atoms with van der Waals surface area (Å²) < 4.78 is 80.4. The molecule has 14 heteroatoms. The maximum Gasteiger partial charge on any atom is 0.250 e. The van der Waals surface area contributed by atoms with Crippen molar-refractivity contribution < 1.29 is 25.8 Å². The first-order chi connectivity index (χ1) is 18.5. The summed E-state index contributed by atoms with van der Waals surface area (Å²) >= 11 is 4.25. The van der Waals surface area contributed by atoms with Crippen molar-refractivity contribution in [3.8, 4) is 11.1 Å². The van der Waals surface area contributed by atoms with Crippen molar-refractivity contribution in [3.63, 3.8) is 0 Å². The lowest BCUT2D eigenvalue weighted by Crippen LogP contribution is -2.35. The third kappa shape index (κ3) is 7.52. The minimum absolute atomic E-state index is 0.0645. The maximum atomic E-state index is 13.8. The van der Waals surface area contributed by atoms with Crippen molar-refractivity contribution in [2.45, 2.75) is 54.7 Å². The fraction of sp³-hybridized carbons (Fsp3) is 0.346. The molecule has 3 atom stereocenters. The largest absolute Gasteiger partial charge is 0.318 e. The third-order valence-electron chi connectivity index (χ3n) is 6.04. The predicted octanol–water partition coefficient (Wildman–Crippen LogP) is 4.06. The molecule has 0 aliphatic rings. The van der Waals surface area contributed by atoms with Crippen LogP contribution in [-0.4, -0.2) is 37.2 Å². The standard InChI is InChI=1S/C26H31ClFN3O6S3/c1-16(30-38(33)26(2,3)4)20-13-25(32)31(5)15-22(20)21-12-17(10-11-29-39(34)35)23(27)14-24(21)40(36,37)19-8-6-18(28)7-9-19/h6-9,12-16,29-30H,10-11H2,1-5H3,(H,34,35)/t16-,38?/m0/s1. The Morgan fingerprint density at radius 2 is 1.73 bits per heavy atom. The van der Waals surface area contributed by atoms with Gasteiger partial charge in [-0.2, -0.15) is 0 Å². The van der Waals surface area contributed by atoms with Crippen LogP contribution in [0.25, 0.3) is 11.1 Å². The molecule has 1 heterocycles. The van der Waals surface area contributed by atoms with Gasteiger partial charge in [-0.3, -0.25) is 9.35 Å². The average molecular weight is 632 g/mol. The minimum atomic E-state index is -4.24. The van der Waals surface area contributed by atoms with Crippen LogP contribution >= 0.6 is 11.6 Å². The van der Waals surface area contributed by atoms with Gasteiger partial charge in [0, 0.05) is 48.0 Å². The molecular formula is C26H31ClFN3O6S3. The molecule has 0 saturated carbocycles. The van der Waals surface area contributed by atoms with E-state index in [0.29, 0.717) is 16.7 Å². The first-order valence-corrected chi connectivity index (χ1v) is 16.2. The summed E-state index contributed by atoms with van der Waals surface area (Å²) in [6.07, 6.45) is 1.67. The van der Waals surface area contributed by atoms with Crippen molar-refractivity contribution in [1.82, 2.24) is 14.0 Å². The molecule has 9 nitrogen and oxygen atoms in total. The lowest BCUT2D eigenvalue weighted by molar-refractivity contribution is 0.549. The summed E-state index contributed by atoms with van der Waals surface area (Å²) in [4.78, 5) is 12.3. The van der Waals surface area contributed by atoms with E-state index < -0.39 is 48.7 Å². The zero-order valence-corrected chi connectivity index (χ0v) is 25.7. The van der Waals surface area contributed by atoms with E-state index in [9.17, 15) is 26.0 Å². The van der Waals surface area contributed by atoms with Crippen LogP contribution in [0.5, 0.6) is 0 Å². The molecule has 3 N–H and O–H groups in total. The Bertz CT molecular complexity index is 1620. The number of hydrogen-bond acceptors (Lipinski definition) is 5. The number of aryl methyl sites for hydroxylation is 1. The quantitative estimate of drug-likeness (QED) is 0.228. The molecule has 0 fully saturated rings. The lowest BCUT2D eigenvalue weighted by atomic mass is 9.95. The SMILES string of the molecule is C[C@H](NS(=O)C(C)(C)C)c1cc(=O)n(C)cc1-c1cc(CCNS(=O)O)c(Cl)cc1S(=O)(=O)c1ccc(F)cc1. The molecular weight excluding hydrogens is 601 g/mol. The highest BCUT2D eigenvalue weighted by atomic mass is 35.5. The summed E-state index contributed by atoms with van der Waals surface area (Å²) in [5.41, 5.74) is 1.09. The van der Waals surface area contributed by atoms with E-state index in [1.165, 1.54) is 29.9 Å². The number of benzene rings is 2. The fourth-order valence-electron chi connectivity index (χ4n) is 3.87. The Hall–Kier alpha value is -2.26. The van der Waals surface area contributed by atoms with Gasteiger partial charge in [0.1, 0.15) is 5.82 Å². The Balaban J connectivity index is 2.31. The highest BCUT2D eigenvalue weighted by Crippen LogP contribution is 2.38. The van der Waals surface area contributed by atoms with Crippen LogP contribution in [0, 0.1) is 5.82 Å². The van der Waals surface area contributed by atoms with Crippen molar-refractivity contribution in [2.24, 2.45) is 7.05 Å². The molecule has 0 bridgehead atoms. The Morgan fingerprint density at radius 3 is 2.30 bits per heavy atom. The van der Waals surface area contributed by atoms with E-state index in [1.54, 1.807) is 33.8 Å². The van der Waals surface area contributed by atoms with Crippen LogP contribution in [0.4, 0.5) is 4.39 Å². The van der Waals surface area contributed by atoms with Crippen LogP contribution in [-0.2, 0) is 45.6 Å². The van der Waals surface area contributed by atoms with Gasteiger partial charge in [-0.1, -0.05) is 11.6 Å². The van der Waals surface area contributed by atoms with Gasteiger partial charge in [0.15, 0.2) is 0 Å². The van der Waals surface area contributed by atoms with Crippen LogP contribution in [0.1, 0.15) is 44.9 Å². The number of sulfone groups is 1. The van der Waals surface area contributed by atoms with E-state index in [4.69, 9.17) is 16.2 Å². The monoisotopic (exact) mass is 631 g/mol. The first-order valence-electron chi connectivity index (χ1n) is 12.1. The third-order valence-corrected chi connectivity index (χ3v) is 10.3. The Morgan fingerprint density at radius 1 is 1.10 bits per heavy atom. The van der Waals surface area contributed by atoms with Gasteiger partial charge in [0.2, 0.25) is 21.1 Å². The number of pyridine rings is 1. The number of halogens is 2. The van der Waals surface area contributed by atoms with Crippen LogP contribution < -0.4 is 15.0 Å². The van der Waals surface area contributed by atoms with Crippen molar-refractivity contribution in [1.29, 1.82) is 0 Å². The number of rotatable bonds is 10. The molecule has 218 valence electrons. The molecule has 0 aliphatic heterocycles. The molecule has 0 aliphatic carbocycles. The van der Waals surface area contributed by atoms with E-state index in [-0.39, 0.29) is 38.9 Å². The van der Waals surface area contributed by atoms with Gasteiger partial charge in [-0.05, 0) is 81.6 Å². The molecule has 1 aromatic heterocycles. The summed E-state index contributed by atoms with van der Waals surface area (Å²) in [6, 6.07) is 7.92. The summed E-state index contributed by atoms with van der Waals surface area (Å²) in [5, 5.41) is 0.0985. The summed E-state index contributed by atoms with van der Waals surface area (Å²) in [7, 11) is -4.23. The van der Waals surface area contributed by atoms with Gasteiger partial charge < -0.3 is 4.57 Å². The van der Waals surface area contributed by atoms with Gasteiger partial charge in [-0.25, -0.2) is 30.7 Å². The zero-order valence-electron chi connectivity index (χ0n) is 22.5. The average Bonchev–Trinajstić information content (AvgIpc) is 2.85. The number of hydrogen-bond donors (Lipinski definition) is 3. The minimum Gasteiger partial charge on any atom is -0.318 e. The number of nitrogens with zero attached hydrogens (tertiary/aromatic N) is 1. The molecule has 3 rings (SSSR count). The highest BCUT2D eigenvalue weighted by Gasteiger charge is 2.28.